The molecule has 0 aliphatic carbocycles. The third kappa shape index (κ3) is 3.10. The summed E-state index contributed by atoms with van der Waals surface area (Å²) in [6, 6.07) is 0.220. The van der Waals surface area contributed by atoms with Gasteiger partial charge in [0.05, 0.1) is 12.9 Å². The zero-order chi connectivity index (χ0) is 14.7. The fourth-order valence-electron chi connectivity index (χ4n) is 2.58. The molecule has 2 aromatic heterocycles. The summed E-state index contributed by atoms with van der Waals surface area (Å²) < 4.78 is 0. The number of hydrogen-bond donors (Lipinski definition) is 3. The van der Waals surface area contributed by atoms with Crippen LogP contribution in [-0.4, -0.2) is 58.6 Å². The van der Waals surface area contributed by atoms with Crippen molar-refractivity contribution in [3.63, 3.8) is 0 Å². The van der Waals surface area contributed by atoms with Gasteiger partial charge in [-0.25, -0.2) is 15.0 Å². The first-order valence-electron chi connectivity index (χ1n) is 7.09. The highest BCUT2D eigenvalue weighted by Crippen LogP contribution is 2.17. The molecule has 3 heterocycles. The monoisotopic (exact) mass is 289 g/mol. The van der Waals surface area contributed by atoms with E-state index in [1.54, 1.807) is 11.2 Å². The van der Waals surface area contributed by atoms with Gasteiger partial charge in [-0.1, -0.05) is 0 Å². The lowest BCUT2D eigenvalue weighted by Crippen LogP contribution is -2.48. The summed E-state index contributed by atoms with van der Waals surface area (Å²) in [4.78, 5) is 29.3. The quantitative estimate of drug-likeness (QED) is 0.712. The third-order valence-electron chi connectivity index (χ3n) is 3.61. The Bertz CT molecular complexity index is 620. The number of nitrogens with zero attached hydrogens (tertiary/aromatic N) is 4. The van der Waals surface area contributed by atoms with Crippen LogP contribution < -0.4 is 15.5 Å². The highest BCUT2D eigenvalue weighted by Gasteiger charge is 2.18. The Morgan fingerprint density at radius 2 is 2.38 bits per heavy atom. The summed E-state index contributed by atoms with van der Waals surface area (Å²) in [5, 5.41) is 6.33. The van der Waals surface area contributed by atoms with Crippen molar-refractivity contribution in [3.05, 3.63) is 12.7 Å². The van der Waals surface area contributed by atoms with Crippen molar-refractivity contribution in [2.45, 2.75) is 18.9 Å². The van der Waals surface area contributed by atoms with Crippen LogP contribution in [0, 0.1) is 0 Å². The molecular weight excluding hydrogens is 270 g/mol. The molecule has 0 aromatic carbocycles. The van der Waals surface area contributed by atoms with E-state index < -0.39 is 0 Å². The first-order chi connectivity index (χ1) is 10.2. The summed E-state index contributed by atoms with van der Waals surface area (Å²) in [6.07, 6.45) is 5.16. The molecule has 112 valence electrons. The number of rotatable bonds is 4. The molecule has 1 unspecified atom stereocenters. The van der Waals surface area contributed by atoms with Gasteiger partial charge in [0.25, 0.3) is 0 Å². The molecule has 3 rings (SSSR count). The van der Waals surface area contributed by atoms with Crippen molar-refractivity contribution >= 4 is 22.9 Å². The SMILES string of the molecule is CN(CC(=O)NC1CCCNC1)c1ncnc2nc[nH]c12. The number of fused-ring (bicyclic) bond motifs is 1. The zero-order valence-electron chi connectivity index (χ0n) is 12.0. The van der Waals surface area contributed by atoms with E-state index in [1.165, 1.54) is 6.33 Å². The molecule has 0 spiro atoms. The van der Waals surface area contributed by atoms with Gasteiger partial charge in [0, 0.05) is 19.6 Å². The number of carbonyl (C=O) groups excluding carboxylic acids is 1. The second-order valence-electron chi connectivity index (χ2n) is 5.27. The van der Waals surface area contributed by atoms with Gasteiger partial charge in [0.2, 0.25) is 5.91 Å². The Hall–Kier alpha value is -2.22. The standard InChI is InChI=1S/C13H19N7O/c1-20(6-10(21)19-9-3-2-4-14-5-9)13-11-12(16-7-15-11)17-8-18-13/h7-9,14H,2-6H2,1H3,(H,19,21)(H,15,16,17,18). The van der Waals surface area contributed by atoms with Gasteiger partial charge in [-0.3, -0.25) is 4.79 Å². The van der Waals surface area contributed by atoms with Gasteiger partial charge in [-0.15, -0.1) is 0 Å². The molecular formula is C13H19N7O. The van der Waals surface area contributed by atoms with Crippen LogP contribution in [0.3, 0.4) is 0 Å². The molecule has 0 bridgehead atoms. The van der Waals surface area contributed by atoms with Gasteiger partial charge < -0.3 is 20.5 Å². The number of hydrogen-bond acceptors (Lipinski definition) is 6. The molecule has 1 saturated heterocycles. The largest absolute Gasteiger partial charge is 0.351 e. The highest BCUT2D eigenvalue weighted by atomic mass is 16.2. The maximum atomic E-state index is 12.1. The van der Waals surface area contributed by atoms with Crippen molar-refractivity contribution in [1.29, 1.82) is 0 Å². The van der Waals surface area contributed by atoms with E-state index in [1.807, 2.05) is 7.05 Å². The zero-order valence-corrected chi connectivity index (χ0v) is 12.0. The summed E-state index contributed by atoms with van der Waals surface area (Å²) in [7, 11) is 1.83. The Kier molecular flexibility index (Phi) is 3.96. The van der Waals surface area contributed by atoms with Crippen molar-refractivity contribution < 1.29 is 4.79 Å². The van der Waals surface area contributed by atoms with E-state index in [9.17, 15) is 4.79 Å². The average molecular weight is 289 g/mol. The normalized spacial score (nSPS) is 18.6. The molecule has 0 radical (unpaired) electrons. The minimum atomic E-state index is -0.00234. The maximum absolute atomic E-state index is 12.1. The van der Waals surface area contributed by atoms with Gasteiger partial charge >= 0.3 is 0 Å². The molecule has 0 saturated carbocycles. The smallest absolute Gasteiger partial charge is 0.239 e. The van der Waals surface area contributed by atoms with E-state index in [2.05, 4.69) is 30.6 Å². The van der Waals surface area contributed by atoms with Crippen molar-refractivity contribution in [3.8, 4) is 0 Å². The van der Waals surface area contributed by atoms with Crippen LogP contribution in [0.4, 0.5) is 5.82 Å². The Morgan fingerprint density at radius 3 is 3.19 bits per heavy atom. The fraction of sp³-hybridized carbons (Fsp3) is 0.538. The maximum Gasteiger partial charge on any atom is 0.239 e. The molecule has 8 nitrogen and oxygen atoms in total. The molecule has 1 amide bonds. The molecule has 1 fully saturated rings. The predicted molar refractivity (Wildman–Crippen MR) is 79.0 cm³/mol. The summed E-state index contributed by atoms with van der Waals surface area (Å²) >= 11 is 0. The van der Waals surface area contributed by atoms with Crippen LogP contribution >= 0.6 is 0 Å². The first kappa shape index (κ1) is 13.7. The lowest BCUT2D eigenvalue weighted by molar-refractivity contribution is -0.120. The van der Waals surface area contributed by atoms with Crippen LogP contribution in [0.1, 0.15) is 12.8 Å². The van der Waals surface area contributed by atoms with Gasteiger partial charge in [0.1, 0.15) is 11.8 Å². The second-order valence-corrected chi connectivity index (χ2v) is 5.27. The number of aromatic nitrogens is 4. The summed E-state index contributed by atoms with van der Waals surface area (Å²) in [5.41, 5.74) is 1.34. The van der Waals surface area contributed by atoms with Gasteiger partial charge in [-0.05, 0) is 19.4 Å². The van der Waals surface area contributed by atoms with Crippen molar-refractivity contribution in [1.82, 2.24) is 30.6 Å². The molecule has 1 atom stereocenters. The summed E-state index contributed by atoms with van der Waals surface area (Å²) in [5.74, 6) is 0.673. The second kappa shape index (κ2) is 6.04. The Balaban J connectivity index is 1.64. The third-order valence-corrected chi connectivity index (χ3v) is 3.61. The lowest BCUT2D eigenvalue weighted by Gasteiger charge is -2.25. The molecule has 1 aliphatic heterocycles. The number of piperidine rings is 1. The van der Waals surface area contributed by atoms with Crippen LogP contribution in [0.15, 0.2) is 12.7 Å². The van der Waals surface area contributed by atoms with E-state index in [4.69, 9.17) is 0 Å². The predicted octanol–water partition coefficient (Wildman–Crippen LogP) is -0.343. The molecule has 1 aliphatic rings. The number of carbonyl (C=O) groups is 1. The minimum Gasteiger partial charge on any atom is -0.351 e. The number of amides is 1. The molecule has 8 heteroatoms. The Labute approximate surface area is 122 Å². The molecule has 2 aromatic rings. The van der Waals surface area contributed by atoms with Crippen LogP contribution in [-0.2, 0) is 4.79 Å². The van der Waals surface area contributed by atoms with Crippen LogP contribution in [0.25, 0.3) is 11.2 Å². The van der Waals surface area contributed by atoms with Crippen molar-refractivity contribution in [2.75, 3.05) is 31.6 Å². The van der Waals surface area contributed by atoms with Gasteiger partial charge in [-0.2, -0.15) is 0 Å². The molecule has 21 heavy (non-hydrogen) atoms. The van der Waals surface area contributed by atoms with E-state index in [0.29, 0.717) is 11.5 Å². The van der Waals surface area contributed by atoms with E-state index in [0.717, 1.165) is 31.4 Å². The first-order valence-corrected chi connectivity index (χ1v) is 7.09. The van der Waals surface area contributed by atoms with E-state index in [-0.39, 0.29) is 18.5 Å². The topological polar surface area (TPSA) is 98.8 Å². The lowest BCUT2D eigenvalue weighted by atomic mass is 10.1. The summed E-state index contributed by atoms with van der Waals surface area (Å²) in [6.45, 7) is 2.13. The fourth-order valence-corrected chi connectivity index (χ4v) is 2.58. The molecule has 3 N–H and O–H groups in total. The number of nitrogens with one attached hydrogen (secondary N) is 3. The number of H-pyrrole nitrogens is 1. The average Bonchev–Trinajstić information content (AvgIpc) is 2.96. The Morgan fingerprint density at radius 1 is 1.48 bits per heavy atom. The van der Waals surface area contributed by atoms with Crippen LogP contribution in [0.2, 0.25) is 0 Å². The number of likely N-dealkylation sites (N-methyl/N-ethyl adjacent to an activating group) is 1. The van der Waals surface area contributed by atoms with Gasteiger partial charge in [0.15, 0.2) is 11.5 Å². The van der Waals surface area contributed by atoms with Crippen LogP contribution in [0.5, 0.6) is 0 Å². The van der Waals surface area contributed by atoms with Crippen molar-refractivity contribution in [2.24, 2.45) is 0 Å². The van der Waals surface area contributed by atoms with E-state index >= 15 is 0 Å². The number of anilines is 1. The number of imidazole rings is 1. The number of aromatic amines is 1. The minimum absolute atomic E-state index is 0.00234. The highest BCUT2D eigenvalue weighted by molar-refractivity contribution is 5.87.